The minimum absolute atomic E-state index is 0.638. The van der Waals surface area contributed by atoms with Crippen LogP contribution in [-0.2, 0) is 4.57 Å². The van der Waals surface area contributed by atoms with Gasteiger partial charge in [0.15, 0.2) is 0 Å². The van der Waals surface area contributed by atoms with Gasteiger partial charge in [-0.1, -0.05) is 568 Å². The molecule has 0 aromatic rings. The second-order valence-electron chi connectivity index (χ2n) is 43.4. The van der Waals surface area contributed by atoms with Crippen LogP contribution in [0.4, 0.5) is 0 Å². The number of unbranched alkanes of at least 4 members (excludes halogenated alkanes) is 48. The monoisotopic (exact) mass is 1830 g/mol. The molecule has 0 aromatic carbocycles. The summed E-state index contributed by atoms with van der Waals surface area (Å²) in [5.41, 5.74) is 1.92. The Morgan fingerprint density at radius 3 is 0.383 bits per heavy atom. The van der Waals surface area contributed by atoms with Gasteiger partial charge in [0.05, 0.1) is 0 Å². The molecule has 0 fully saturated rings. The van der Waals surface area contributed by atoms with Crippen LogP contribution in [0, 0.1) is 51.8 Å². The van der Waals surface area contributed by atoms with Gasteiger partial charge in [0.2, 0.25) is 0 Å². The number of rotatable bonds is 102. The van der Waals surface area contributed by atoms with Gasteiger partial charge in [0.1, 0.15) is 0 Å². The van der Waals surface area contributed by atoms with Crippen LogP contribution in [0.5, 0.6) is 0 Å². The van der Waals surface area contributed by atoms with Crippen molar-refractivity contribution in [3.8, 4) is 0 Å². The lowest BCUT2D eigenvalue weighted by Crippen LogP contribution is -2.28. The van der Waals surface area contributed by atoms with E-state index in [4.69, 9.17) is 19.2 Å². The van der Waals surface area contributed by atoms with E-state index in [0.717, 1.165) is 35.5 Å². The summed E-state index contributed by atoms with van der Waals surface area (Å²) in [4.78, 5) is 21.6. The Labute approximate surface area is 812 Å². The summed E-state index contributed by atoms with van der Waals surface area (Å²) in [5, 5.41) is 11.8. The minimum atomic E-state index is -4.64. The van der Waals surface area contributed by atoms with E-state index in [1.807, 2.05) is 0 Å². The van der Waals surface area contributed by atoms with Gasteiger partial charge < -0.3 is 30.6 Å². The van der Waals surface area contributed by atoms with Crippen LogP contribution in [0.25, 0.3) is 0 Å². The Balaban J connectivity index is -0.000000875. The van der Waals surface area contributed by atoms with Crippen LogP contribution in [0.3, 0.4) is 0 Å². The van der Waals surface area contributed by atoms with Crippen molar-refractivity contribution in [1.82, 2.24) is 16.0 Å². The third-order valence-corrected chi connectivity index (χ3v) is 31.5. The zero-order valence-electron chi connectivity index (χ0n) is 92.4. The van der Waals surface area contributed by atoms with Gasteiger partial charge in [-0.05, 0) is 207 Å². The van der Waals surface area contributed by atoms with E-state index in [1.54, 1.807) is 0 Å². The van der Waals surface area contributed by atoms with E-state index in [-0.39, 0.29) is 0 Å². The standard InChI is InChI=1S/3C40H83N.H3O4P/c3*1-7-13-17-20-23-26-32-40(33-27-24-21-18-14-8-2,34-28-25-22-19-15-9-3)35-29-31-39(12-6)37-41-36-38(11-5)30-16-10-4;1-5(2,3)4/h3*38-39,41H,7-37H2,1-6H3;(H3,1,2,3,4). The van der Waals surface area contributed by atoms with Crippen molar-refractivity contribution >= 4 is 7.82 Å². The van der Waals surface area contributed by atoms with Crippen LogP contribution in [0.1, 0.15) is 683 Å². The van der Waals surface area contributed by atoms with E-state index in [0.29, 0.717) is 16.2 Å². The zero-order valence-corrected chi connectivity index (χ0v) is 93.3. The molecule has 6 atom stereocenters. The maximum Gasteiger partial charge on any atom is 0.466 e. The fourth-order valence-corrected chi connectivity index (χ4v) is 21.7. The van der Waals surface area contributed by atoms with Gasteiger partial charge in [-0.2, -0.15) is 0 Å². The van der Waals surface area contributed by atoms with Crippen molar-refractivity contribution in [2.24, 2.45) is 51.8 Å². The Kier molecular flexibility index (Phi) is 111. The van der Waals surface area contributed by atoms with Gasteiger partial charge in [0, 0.05) is 0 Å². The van der Waals surface area contributed by atoms with Gasteiger partial charge >= 0.3 is 7.82 Å². The summed E-state index contributed by atoms with van der Waals surface area (Å²) >= 11 is 0. The quantitative estimate of drug-likeness (QED) is 0.0266. The predicted octanol–water partition coefficient (Wildman–Crippen LogP) is 41.8. The highest BCUT2D eigenvalue weighted by atomic mass is 31.2. The predicted molar refractivity (Wildman–Crippen MR) is 585 cm³/mol. The largest absolute Gasteiger partial charge is 0.466 e. The molecule has 0 aliphatic heterocycles. The first-order valence-electron chi connectivity index (χ1n) is 60.2. The van der Waals surface area contributed by atoms with Crippen molar-refractivity contribution < 1.29 is 19.2 Å². The van der Waals surface area contributed by atoms with Crippen molar-refractivity contribution in [3.05, 3.63) is 0 Å². The molecule has 0 bridgehead atoms. The molecule has 6 N–H and O–H groups in total. The molecule has 0 aromatic heterocycles. The van der Waals surface area contributed by atoms with Gasteiger partial charge in [-0.15, -0.1) is 0 Å². The highest BCUT2D eigenvalue weighted by Crippen LogP contribution is 2.46. The number of phosphoric acid groups is 1. The fourth-order valence-electron chi connectivity index (χ4n) is 21.7. The van der Waals surface area contributed by atoms with Crippen LogP contribution in [0.2, 0.25) is 0 Å². The SMILES string of the molecule is CCCCCCCCC(CCCCCCCC)(CCCCCCCC)CCCC(CC)CNCC(CC)CCCC.CCCCCCCCC(CCCCCCCC)(CCCCCCCC)CCCC(CC)CNCC(CC)CCCC.CCCCCCCCC(CCCCCCCC)(CCCCCCCC)CCCC(CC)CNCC(CC)CCCC.O=P(O)(O)O. The molecule has 0 amide bonds. The van der Waals surface area contributed by atoms with E-state index < -0.39 is 7.82 Å². The molecule has 128 heavy (non-hydrogen) atoms. The van der Waals surface area contributed by atoms with E-state index in [2.05, 4.69) is 141 Å². The van der Waals surface area contributed by atoms with Gasteiger partial charge in [0.25, 0.3) is 0 Å². The lowest BCUT2D eigenvalue weighted by molar-refractivity contribution is 0.167. The number of hydrogen-bond donors (Lipinski definition) is 6. The topological polar surface area (TPSA) is 114 Å². The van der Waals surface area contributed by atoms with Crippen molar-refractivity contribution in [2.45, 2.75) is 683 Å². The second kappa shape index (κ2) is 106. The average Bonchev–Trinajstić information content (AvgIpc) is 0.876. The Hall–Kier alpha value is -0.0100. The molecule has 0 aliphatic carbocycles. The molecule has 0 aliphatic rings. The third kappa shape index (κ3) is 94.9. The molecule has 0 saturated heterocycles. The first-order chi connectivity index (χ1) is 62.3. The first-order valence-corrected chi connectivity index (χ1v) is 61.8. The molecule has 0 rings (SSSR count). The van der Waals surface area contributed by atoms with E-state index >= 15 is 0 Å². The highest BCUT2D eigenvalue weighted by molar-refractivity contribution is 7.45. The zero-order chi connectivity index (χ0) is 95.3. The first kappa shape index (κ1) is 134. The van der Waals surface area contributed by atoms with Crippen LogP contribution in [-0.4, -0.2) is 53.9 Å². The van der Waals surface area contributed by atoms with E-state index in [1.165, 1.54) is 598 Å². The second-order valence-corrected chi connectivity index (χ2v) is 44.4. The van der Waals surface area contributed by atoms with E-state index in [9.17, 15) is 0 Å². The summed E-state index contributed by atoms with van der Waals surface area (Å²) in [6.45, 7) is 50.1. The smallest absolute Gasteiger partial charge is 0.316 e. The molecule has 7 nitrogen and oxygen atoms in total. The van der Waals surface area contributed by atoms with Gasteiger partial charge in [-0.25, -0.2) is 4.57 Å². The summed E-state index contributed by atoms with van der Waals surface area (Å²) in [5.74, 6) is 5.25. The van der Waals surface area contributed by atoms with Crippen LogP contribution in [0.15, 0.2) is 0 Å². The average molecular weight is 1830 g/mol. The molecule has 0 spiro atoms. The van der Waals surface area contributed by atoms with Crippen molar-refractivity contribution in [3.63, 3.8) is 0 Å². The summed E-state index contributed by atoms with van der Waals surface area (Å²) < 4.78 is 8.88. The number of nitrogens with one attached hydrogen (secondary N) is 3. The normalized spacial score (nSPS) is 13.5. The summed E-state index contributed by atoms with van der Waals surface area (Å²) in [7, 11) is -4.64. The lowest BCUT2D eigenvalue weighted by Gasteiger charge is -2.36. The molecule has 776 valence electrons. The molecule has 8 heteroatoms. The van der Waals surface area contributed by atoms with Crippen LogP contribution >= 0.6 is 7.82 Å². The molecule has 6 unspecified atom stereocenters. The minimum Gasteiger partial charge on any atom is -0.316 e. The molecular formula is C120H252N3O4P. The highest BCUT2D eigenvalue weighted by Gasteiger charge is 2.32. The van der Waals surface area contributed by atoms with Crippen molar-refractivity contribution in [2.75, 3.05) is 39.3 Å². The fraction of sp³-hybridized carbons (Fsp3) is 1.00. The maximum absolute atomic E-state index is 8.88. The Morgan fingerprint density at radius 2 is 0.266 bits per heavy atom. The lowest BCUT2D eigenvalue weighted by atomic mass is 9.70. The molecular weight excluding hydrogens is 1580 g/mol. The van der Waals surface area contributed by atoms with Crippen molar-refractivity contribution in [1.29, 1.82) is 0 Å². The summed E-state index contributed by atoms with van der Waals surface area (Å²) in [6.07, 6.45) is 126. The van der Waals surface area contributed by atoms with Crippen LogP contribution < -0.4 is 16.0 Å². The van der Waals surface area contributed by atoms with Gasteiger partial charge in [-0.3, -0.25) is 0 Å². The molecule has 0 heterocycles. The maximum atomic E-state index is 8.88. The molecule has 0 radical (unpaired) electrons. The summed E-state index contributed by atoms with van der Waals surface area (Å²) in [6, 6.07) is 0. The Morgan fingerprint density at radius 1 is 0.164 bits per heavy atom. The Bertz CT molecular complexity index is 1730. The third-order valence-electron chi connectivity index (χ3n) is 31.5. The molecule has 0 saturated carbocycles. The number of hydrogen-bond acceptors (Lipinski definition) is 4.